The first-order chi connectivity index (χ1) is 17.1. The molecule has 1 aliphatic heterocycles. The van der Waals surface area contributed by atoms with Gasteiger partial charge in [-0.3, -0.25) is 9.00 Å². The van der Waals surface area contributed by atoms with Crippen molar-refractivity contribution in [3.63, 3.8) is 0 Å². The van der Waals surface area contributed by atoms with Crippen LogP contribution in [-0.4, -0.2) is 33.1 Å². The molecule has 0 saturated carbocycles. The summed E-state index contributed by atoms with van der Waals surface area (Å²) < 4.78 is 13.9. The molecule has 5 rings (SSSR count). The Morgan fingerprint density at radius 2 is 1.74 bits per heavy atom. The minimum absolute atomic E-state index is 0.0260. The Balaban J connectivity index is 1.24. The Labute approximate surface area is 220 Å². The zero-order valence-corrected chi connectivity index (χ0v) is 22.3. The number of likely N-dealkylation sites (tertiary alicyclic amines) is 1. The Hall–Kier alpha value is -2.61. The van der Waals surface area contributed by atoms with Gasteiger partial charge in [0.05, 0.1) is 27.3 Å². The summed E-state index contributed by atoms with van der Waals surface area (Å²) in [7, 11) is -1.19. The number of amides is 1. The normalized spacial score (nSPS) is 15.2. The average molecular weight is 566 g/mol. The highest BCUT2D eigenvalue weighted by atomic mass is 79.9. The molecule has 0 aliphatic carbocycles. The van der Waals surface area contributed by atoms with Crippen LogP contribution in [0.2, 0.25) is 0 Å². The second-order valence-electron chi connectivity index (χ2n) is 8.61. The fourth-order valence-corrected chi connectivity index (χ4v) is 6.97. The van der Waals surface area contributed by atoms with Gasteiger partial charge in [0, 0.05) is 44.9 Å². The van der Waals surface area contributed by atoms with E-state index in [0.29, 0.717) is 30.3 Å². The lowest BCUT2D eigenvalue weighted by Gasteiger charge is -2.31. The van der Waals surface area contributed by atoms with Gasteiger partial charge in [0.1, 0.15) is 0 Å². The topological polar surface area (TPSA) is 50.3 Å². The van der Waals surface area contributed by atoms with Crippen molar-refractivity contribution in [3.8, 4) is 11.3 Å². The van der Waals surface area contributed by atoms with Crippen molar-refractivity contribution in [1.82, 2.24) is 9.88 Å². The summed E-state index contributed by atoms with van der Waals surface area (Å²) in [6.45, 7) is 1.40. The Morgan fingerprint density at radius 1 is 1.00 bits per heavy atom. The zero-order chi connectivity index (χ0) is 24.2. The average Bonchev–Trinajstić information content (AvgIpc) is 3.40. The lowest BCUT2D eigenvalue weighted by molar-refractivity contribution is 0.0712. The van der Waals surface area contributed by atoms with E-state index < -0.39 is 10.8 Å². The fourth-order valence-electron chi connectivity index (χ4n) is 4.41. The fraction of sp³-hybridized carbons (Fsp3) is 0.214. The molecule has 4 aromatic rings. The minimum Gasteiger partial charge on any atom is -0.339 e. The molecule has 0 spiro atoms. The van der Waals surface area contributed by atoms with E-state index in [2.05, 4.69) is 33.4 Å². The van der Waals surface area contributed by atoms with Crippen molar-refractivity contribution < 1.29 is 9.00 Å². The molecule has 1 amide bonds. The number of hydrogen-bond donors (Lipinski definition) is 0. The molecule has 1 unspecified atom stereocenters. The third-order valence-electron chi connectivity index (χ3n) is 6.31. The number of benzene rings is 3. The minimum atomic E-state index is -1.19. The number of halogens is 1. The Kier molecular flexibility index (Phi) is 7.56. The SMILES string of the molecule is O=C(c1ccccc1CS(=O)c1ccccc1)N1CCC(c2nc(-c3cccc(Br)c3)cs2)CC1. The molecule has 3 aromatic carbocycles. The molecule has 1 saturated heterocycles. The summed E-state index contributed by atoms with van der Waals surface area (Å²) in [6, 6.07) is 25.2. The molecular weight excluding hydrogens is 540 g/mol. The highest BCUT2D eigenvalue weighted by Crippen LogP contribution is 2.34. The van der Waals surface area contributed by atoms with Gasteiger partial charge in [0.2, 0.25) is 0 Å². The van der Waals surface area contributed by atoms with E-state index in [1.54, 1.807) is 11.3 Å². The predicted octanol–water partition coefficient (Wildman–Crippen LogP) is 6.90. The first kappa shape index (κ1) is 24.1. The summed E-state index contributed by atoms with van der Waals surface area (Å²) in [4.78, 5) is 21.0. The smallest absolute Gasteiger partial charge is 0.254 e. The Morgan fingerprint density at radius 3 is 2.51 bits per heavy atom. The van der Waals surface area contributed by atoms with E-state index in [1.807, 2.05) is 71.6 Å². The highest BCUT2D eigenvalue weighted by molar-refractivity contribution is 9.10. The predicted molar refractivity (Wildman–Crippen MR) is 146 cm³/mol. The first-order valence-corrected chi connectivity index (χ1v) is 14.6. The van der Waals surface area contributed by atoms with Crippen LogP contribution in [0.25, 0.3) is 11.3 Å². The van der Waals surface area contributed by atoms with E-state index in [0.717, 1.165) is 44.0 Å². The van der Waals surface area contributed by atoms with Gasteiger partial charge in [0.25, 0.3) is 5.91 Å². The van der Waals surface area contributed by atoms with Gasteiger partial charge in [-0.2, -0.15) is 0 Å². The largest absolute Gasteiger partial charge is 0.339 e. The number of rotatable bonds is 6. The molecule has 1 atom stereocenters. The third-order valence-corrected chi connectivity index (χ3v) is 9.19. The van der Waals surface area contributed by atoms with Gasteiger partial charge >= 0.3 is 0 Å². The van der Waals surface area contributed by atoms with Crippen LogP contribution in [0.1, 0.15) is 39.7 Å². The van der Waals surface area contributed by atoms with Gasteiger partial charge in [-0.15, -0.1) is 11.3 Å². The maximum atomic E-state index is 13.4. The second kappa shape index (κ2) is 11.0. The third kappa shape index (κ3) is 5.63. The van der Waals surface area contributed by atoms with Crippen LogP contribution in [-0.2, 0) is 16.6 Å². The monoisotopic (exact) mass is 564 g/mol. The standard InChI is InChI=1S/C28H25BrN2O2S2/c29-23-9-6-8-21(17-23)26-18-34-27(30-26)20-13-15-31(16-14-20)28(32)25-12-5-4-7-22(25)19-35(33)24-10-2-1-3-11-24/h1-12,17-18,20H,13-16,19H2. The molecule has 0 N–H and O–H groups in total. The van der Waals surface area contributed by atoms with E-state index in [-0.39, 0.29) is 5.91 Å². The van der Waals surface area contributed by atoms with Crippen molar-refractivity contribution in [1.29, 1.82) is 0 Å². The van der Waals surface area contributed by atoms with Gasteiger partial charge in [-0.05, 0) is 48.7 Å². The molecule has 1 aromatic heterocycles. The lowest BCUT2D eigenvalue weighted by atomic mass is 9.96. The van der Waals surface area contributed by atoms with Crippen molar-refractivity contribution in [3.05, 3.63) is 105 Å². The van der Waals surface area contributed by atoms with Crippen molar-refractivity contribution in [2.45, 2.75) is 29.4 Å². The number of carbonyl (C=O) groups excluding carboxylic acids is 1. The Bertz CT molecular complexity index is 1350. The second-order valence-corrected chi connectivity index (χ2v) is 11.9. The van der Waals surface area contributed by atoms with Crippen LogP contribution in [0, 0.1) is 0 Å². The number of aromatic nitrogens is 1. The zero-order valence-electron chi connectivity index (χ0n) is 19.1. The van der Waals surface area contributed by atoms with E-state index in [9.17, 15) is 9.00 Å². The van der Waals surface area contributed by atoms with Crippen LogP contribution >= 0.6 is 27.3 Å². The van der Waals surface area contributed by atoms with Crippen molar-refractivity contribution >= 4 is 44.0 Å². The van der Waals surface area contributed by atoms with Crippen LogP contribution in [0.4, 0.5) is 0 Å². The number of carbonyl (C=O) groups is 1. The molecule has 0 bridgehead atoms. The summed E-state index contributed by atoms with van der Waals surface area (Å²) in [5, 5.41) is 3.27. The lowest BCUT2D eigenvalue weighted by Crippen LogP contribution is -2.38. The van der Waals surface area contributed by atoms with Gasteiger partial charge in [-0.25, -0.2) is 4.98 Å². The summed E-state index contributed by atoms with van der Waals surface area (Å²) in [6.07, 6.45) is 1.80. The van der Waals surface area contributed by atoms with Gasteiger partial charge in [0.15, 0.2) is 0 Å². The van der Waals surface area contributed by atoms with E-state index in [4.69, 9.17) is 4.98 Å². The maximum absolute atomic E-state index is 13.4. The summed E-state index contributed by atoms with van der Waals surface area (Å²) in [5.41, 5.74) is 3.60. The van der Waals surface area contributed by atoms with E-state index >= 15 is 0 Å². The van der Waals surface area contributed by atoms with Gasteiger partial charge in [-0.1, -0.05) is 64.5 Å². The molecule has 2 heterocycles. The maximum Gasteiger partial charge on any atom is 0.254 e. The number of nitrogens with zero attached hydrogens (tertiary/aromatic N) is 2. The molecule has 35 heavy (non-hydrogen) atoms. The summed E-state index contributed by atoms with van der Waals surface area (Å²) >= 11 is 5.24. The first-order valence-electron chi connectivity index (χ1n) is 11.6. The molecule has 178 valence electrons. The quantitative estimate of drug-likeness (QED) is 0.256. The van der Waals surface area contributed by atoms with Crippen LogP contribution in [0.15, 0.2) is 93.6 Å². The van der Waals surface area contributed by atoms with Crippen LogP contribution in [0.5, 0.6) is 0 Å². The molecule has 7 heteroatoms. The van der Waals surface area contributed by atoms with Crippen molar-refractivity contribution in [2.75, 3.05) is 13.1 Å². The molecule has 1 aliphatic rings. The van der Waals surface area contributed by atoms with Gasteiger partial charge < -0.3 is 4.90 Å². The highest BCUT2D eigenvalue weighted by Gasteiger charge is 2.27. The summed E-state index contributed by atoms with van der Waals surface area (Å²) in [5.74, 6) is 0.726. The number of hydrogen-bond acceptors (Lipinski definition) is 4. The molecule has 1 fully saturated rings. The molecule has 0 radical (unpaired) electrons. The van der Waals surface area contributed by atoms with Crippen LogP contribution < -0.4 is 0 Å². The molecular formula is C28H25BrN2O2S2. The molecule has 4 nitrogen and oxygen atoms in total. The number of thiazole rings is 1. The number of piperidine rings is 1. The van der Waals surface area contributed by atoms with Crippen LogP contribution in [0.3, 0.4) is 0 Å². The van der Waals surface area contributed by atoms with E-state index in [1.165, 1.54) is 0 Å². The van der Waals surface area contributed by atoms with Crippen molar-refractivity contribution in [2.24, 2.45) is 0 Å².